The molecule has 0 spiro atoms. The SMILES string of the molecule is COc1cccc(C(=O)O)c1-c1cccc(C=O)c1. The number of carbonyl (C=O) groups excluding carboxylic acids is 1. The van der Waals surface area contributed by atoms with Gasteiger partial charge < -0.3 is 9.84 Å². The summed E-state index contributed by atoms with van der Waals surface area (Å²) in [7, 11) is 1.48. The molecule has 0 radical (unpaired) electrons. The summed E-state index contributed by atoms with van der Waals surface area (Å²) >= 11 is 0. The maximum atomic E-state index is 11.3. The van der Waals surface area contributed by atoms with E-state index < -0.39 is 5.97 Å². The molecule has 0 aliphatic rings. The van der Waals surface area contributed by atoms with Crippen molar-refractivity contribution in [2.24, 2.45) is 0 Å². The molecule has 96 valence electrons. The van der Waals surface area contributed by atoms with Gasteiger partial charge in [0.05, 0.1) is 12.7 Å². The second-order valence-corrected chi connectivity index (χ2v) is 3.93. The van der Waals surface area contributed by atoms with Crippen molar-refractivity contribution in [1.82, 2.24) is 0 Å². The smallest absolute Gasteiger partial charge is 0.336 e. The van der Waals surface area contributed by atoms with E-state index in [0.717, 1.165) is 6.29 Å². The molecule has 0 fully saturated rings. The zero-order valence-corrected chi connectivity index (χ0v) is 10.3. The van der Waals surface area contributed by atoms with Crippen molar-refractivity contribution in [2.75, 3.05) is 7.11 Å². The molecule has 0 unspecified atom stereocenters. The largest absolute Gasteiger partial charge is 0.496 e. The summed E-state index contributed by atoms with van der Waals surface area (Å²) in [6.07, 6.45) is 0.722. The van der Waals surface area contributed by atoms with Crippen molar-refractivity contribution in [2.45, 2.75) is 0 Å². The van der Waals surface area contributed by atoms with E-state index in [4.69, 9.17) is 4.74 Å². The topological polar surface area (TPSA) is 63.6 Å². The normalized spacial score (nSPS) is 9.95. The van der Waals surface area contributed by atoms with Gasteiger partial charge in [0.2, 0.25) is 0 Å². The summed E-state index contributed by atoms with van der Waals surface area (Å²) in [5.41, 5.74) is 1.74. The van der Waals surface area contributed by atoms with Gasteiger partial charge >= 0.3 is 5.97 Å². The fourth-order valence-corrected chi connectivity index (χ4v) is 1.94. The molecule has 4 heteroatoms. The summed E-state index contributed by atoms with van der Waals surface area (Å²) in [6.45, 7) is 0. The van der Waals surface area contributed by atoms with Crippen LogP contribution in [0.3, 0.4) is 0 Å². The third kappa shape index (κ3) is 2.47. The van der Waals surface area contributed by atoms with Crippen LogP contribution in [0.25, 0.3) is 11.1 Å². The highest BCUT2D eigenvalue weighted by molar-refractivity contribution is 5.98. The summed E-state index contributed by atoms with van der Waals surface area (Å²) in [5, 5.41) is 9.25. The number of methoxy groups -OCH3 is 1. The van der Waals surface area contributed by atoms with E-state index in [0.29, 0.717) is 22.4 Å². The molecular formula is C15H12O4. The predicted molar refractivity (Wildman–Crippen MR) is 70.8 cm³/mol. The summed E-state index contributed by atoms with van der Waals surface area (Å²) in [6, 6.07) is 11.6. The number of carbonyl (C=O) groups is 2. The number of ether oxygens (including phenoxy) is 1. The number of hydrogen-bond donors (Lipinski definition) is 1. The fourth-order valence-electron chi connectivity index (χ4n) is 1.94. The molecule has 0 aromatic heterocycles. The van der Waals surface area contributed by atoms with Crippen LogP contribution in [0.15, 0.2) is 42.5 Å². The quantitative estimate of drug-likeness (QED) is 0.854. The van der Waals surface area contributed by atoms with Crippen molar-refractivity contribution in [3.63, 3.8) is 0 Å². The molecule has 1 N–H and O–H groups in total. The number of benzene rings is 2. The van der Waals surface area contributed by atoms with E-state index in [1.807, 2.05) is 0 Å². The average Bonchev–Trinajstić information content (AvgIpc) is 2.46. The van der Waals surface area contributed by atoms with Gasteiger partial charge in [0.15, 0.2) is 0 Å². The Labute approximate surface area is 110 Å². The molecule has 0 bridgehead atoms. The van der Waals surface area contributed by atoms with Crippen molar-refractivity contribution >= 4 is 12.3 Å². The Kier molecular flexibility index (Phi) is 3.61. The first-order chi connectivity index (χ1) is 9.17. The molecule has 0 amide bonds. The standard InChI is InChI=1S/C15H12O4/c1-19-13-7-3-6-12(15(17)18)14(13)11-5-2-4-10(8-11)9-16/h2-9H,1H3,(H,17,18). The van der Waals surface area contributed by atoms with Crippen LogP contribution in [0.1, 0.15) is 20.7 Å². The van der Waals surface area contributed by atoms with E-state index >= 15 is 0 Å². The summed E-state index contributed by atoms with van der Waals surface area (Å²) < 4.78 is 5.21. The molecule has 0 atom stereocenters. The Hall–Kier alpha value is -2.62. The first-order valence-corrected chi connectivity index (χ1v) is 5.63. The molecule has 0 aliphatic heterocycles. The molecule has 2 aromatic carbocycles. The van der Waals surface area contributed by atoms with Gasteiger partial charge in [-0.25, -0.2) is 4.79 Å². The third-order valence-electron chi connectivity index (χ3n) is 2.79. The van der Waals surface area contributed by atoms with Gasteiger partial charge in [0.1, 0.15) is 12.0 Å². The van der Waals surface area contributed by atoms with Crippen LogP contribution in [0.5, 0.6) is 5.75 Å². The minimum Gasteiger partial charge on any atom is -0.496 e. The molecule has 0 saturated carbocycles. The van der Waals surface area contributed by atoms with Crippen molar-refractivity contribution in [1.29, 1.82) is 0 Å². The van der Waals surface area contributed by atoms with Crippen LogP contribution < -0.4 is 4.74 Å². The average molecular weight is 256 g/mol. The number of carboxylic acid groups (broad SMARTS) is 1. The van der Waals surface area contributed by atoms with Gasteiger partial charge in [-0.1, -0.05) is 24.3 Å². The first-order valence-electron chi connectivity index (χ1n) is 5.63. The van der Waals surface area contributed by atoms with Crippen molar-refractivity contribution in [3.05, 3.63) is 53.6 Å². The van der Waals surface area contributed by atoms with Gasteiger partial charge in [0, 0.05) is 11.1 Å². The molecular weight excluding hydrogens is 244 g/mol. The first kappa shape index (κ1) is 12.8. The van der Waals surface area contributed by atoms with Crippen LogP contribution in [-0.2, 0) is 0 Å². The lowest BCUT2D eigenvalue weighted by Gasteiger charge is -2.12. The van der Waals surface area contributed by atoms with Gasteiger partial charge in [-0.05, 0) is 23.8 Å². The van der Waals surface area contributed by atoms with E-state index in [1.165, 1.54) is 13.2 Å². The number of carboxylic acids is 1. The second-order valence-electron chi connectivity index (χ2n) is 3.93. The second kappa shape index (κ2) is 5.35. The molecule has 0 saturated heterocycles. The molecule has 0 aliphatic carbocycles. The summed E-state index contributed by atoms with van der Waals surface area (Å²) in [4.78, 5) is 22.1. The van der Waals surface area contributed by atoms with Gasteiger partial charge in [0.25, 0.3) is 0 Å². The zero-order chi connectivity index (χ0) is 13.8. The van der Waals surface area contributed by atoms with Crippen molar-refractivity contribution < 1.29 is 19.4 Å². The number of aldehydes is 1. The van der Waals surface area contributed by atoms with Gasteiger partial charge in [-0.15, -0.1) is 0 Å². The Bertz CT molecular complexity index is 632. The monoisotopic (exact) mass is 256 g/mol. The lowest BCUT2D eigenvalue weighted by atomic mass is 9.97. The highest BCUT2D eigenvalue weighted by atomic mass is 16.5. The van der Waals surface area contributed by atoms with Crippen molar-refractivity contribution in [3.8, 4) is 16.9 Å². The number of rotatable bonds is 4. The van der Waals surface area contributed by atoms with E-state index in [1.54, 1.807) is 36.4 Å². The number of hydrogen-bond acceptors (Lipinski definition) is 3. The molecule has 19 heavy (non-hydrogen) atoms. The van der Waals surface area contributed by atoms with E-state index in [2.05, 4.69) is 0 Å². The maximum Gasteiger partial charge on any atom is 0.336 e. The molecule has 2 rings (SSSR count). The minimum absolute atomic E-state index is 0.141. The third-order valence-corrected chi connectivity index (χ3v) is 2.79. The maximum absolute atomic E-state index is 11.3. The van der Waals surface area contributed by atoms with Crippen LogP contribution in [0, 0.1) is 0 Å². The Morgan fingerprint density at radius 1 is 1.21 bits per heavy atom. The predicted octanol–water partition coefficient (Wildman–Crippen LogP) is 2.87. The number of aromatic carboxylic acids is 1. The zero-order valence-electron chi connectivity index (χ0n) is 10.3. The van der Waals surface area contributed by atoms with E-state index in [-0.39, 0.29) is 5.56 Å². The fraction of sp³-hybridized carbons (Fsp3) is 0.0667. The Balaban J connectivity index is 2.71. The van der Waals surface area contributed by atoms with E-state index in [9.17, 15) is 14.7 Å². The Morgan fingerprint density at radius 2 is 1.95 bits per heavy atom. The van der Waals surface area contributed by atoms with Gasteiger partial charge in [-0.2, -0.15) is 0 Å². The Morgan fingerprint density at radius 3 is 2.58 bits per heavy atom. The molecule has 0 heterocycles. The lowest BCUT2D eigenvalue weighted by Crippen LogP contribution is -2.01. The minimum atomic E-state index is -1.04. The van der Waals surface area contributed by atoms with Gasteiger partial charge in [-0.3, -0.25) is 4.79 Å². The van der Waals surface area contributed by atoms with Crippen LogP contribution in [-0.4, -0.2) is 24.5 Å². The lowest BCUT2D eigenvalue weighted by molar-refractivity contribution is 0.0697. The molecule has 2 aromatic rings. The van der Waals surface area contributed by atoms with Crippen LogP contribution >= 0.6 is 0 Å². The highest BCUT2D eigenvalue weighted by Crippen LogP contribution is 2.33. The highest BCUT2D eigenvalue weighted by Gasteiger charge is 2.16. The molecule has 4 nitrogen and oxygen atoms in total. The van der Waals surface area contributed by atoms with Crippen LogP contribution in [0.4, 0.5) is 0 Å². The van der Waals surface area contributed by atoms with Crippen LogP contribution in [0.2, 0.25) is 0 Å². The summed E-state index contributed by atoms with van der Waals surface area (Å²) in [5.74, 6) is -0.576.